The van der Waals surface area contributed by atoms with Crippen LogP contribution in [0.1, 0.15) is 50.1 Å². The number of aliphatic carboxylic acids is 1. The van der Waals surface area contributed by atoms with E-state index in [4.69, 9.17) is 21.3 Å². The van der Waals surface area contributed by atoms with Crippen LogP contribution in [0.15, 0.2) is 54.7 Å². The second kappa shape index (κ2) is 9.34. The fourth-order valence-corrected chi connectivity index (χ4v) is 4.85. The molecule has 4 rings (SSSR count). The number of hydrogen-bond donors (Lipinski definition) is 1. The number of fused-ring (bicyclic) bond motifs is 1. The lowest BCUT2D eigenvalue weighted by atomic mass is 9.85. The van der Waals surface area contributed by atoms with Crippen molar-refractivity contribution in [1.82, 2.24) is 9.55 Å². The molecular weight excluding hydrogens is 479 g/mol. The summed E-state index contributed by atoms with van der Waals surface area (Å²) >= 11 is 5.93. The fourth-order valence-electron chi connectivity index (χ4n) is 4.69. The number of carboxylic acids is 1. The second-order valence-electron chi connectivity index (χ2n) is 10.3. The van der Waals surface area contributed by atoms with Crippen LogP contribution in [-0.2, 0) is 21.7 Å². The summed E-state index contributed by atoms with van der Waals surface area (Å²) in [7, 11) is 0. The van der Waals surface area contributed by atoms with Crippen molar-refractivity contribution in [2.45, 2.75) is 59.3 Å². The van der Waals surface area contributed by atoms with Crippen molar-refractivity contribution in [3.8, 4) is 11.1 Å². The quantitative estimate of drug-likeness (QED) is 0.297. The molecule has 0 aliphatic rings. The fraction of sp³-hybridized carbons (Fsp3) is 0.310. The number of pyridine rings is 1. The smallest absolute Gasteiger partial charge is 0.340 e. The number of aromatic nitrogens is 2. The third-order valence-electron chi connectivity index (χ3n) is 6.18. The summed E-state index contributed by atoms with van der Waals surface area (Å²) in [6.07, 6.45) is 1.84. The summed E-state index contributed by atoms with van der Waals surface area (Å²) in [5.74, 6) is -1.49. The molecule has 7 heteroatoms. The van der Waals surface area contributed by atoms with Crippen LogP contribution >= 0.6 is 11.6 Å². The number of rotatable bonds is 6. The van der Waals surface area contributed by atoms with E-state index in [2.05, 4.69) is 0 Å². The Labute approximate surface area is 215 Å². The van der Waals surface area contributed by atoms with Crippen LogP contribution in [-0.4, -0.2) is 26.2 Å². The Bertz CT molecular complexity index is 1450. The maximum absolute atomic E-state index is 14.6. The highest BCUT2D eigenvalue weighted by Gasteiger charge is 2.44. The van der Waals surface area contributed by atoms with Gasteiger partial charge in [0, 0.05) is 39.0 Å². The van der Waals surface area contributed by atoms with Crippen molar-refractivity contribution >= 4 is 28.6 Å². The number of carboxylic acid groups (broad SMARTS) is 1. The van der Waals surface area contributed by atoms with E-state index in [0.717, 1.165) is 22.1 Å². The molecule has 0 aliphatic carbocycles. The SMILES string of the molecule is Cc1ccc(-c2c(C(C)(OC(C)(C)C)C(=O)O)c(C)nc3c2ccn3Cc2ccc(Cl)cc2F)cc1. The molecule has 4 aromatic rings. The highest BCUT2D eigenvalue weighted by atomic mass is 35.5. The highest BCUT2D eigenvalue weighted by Crippen LogP contribution is 2.43. The van der Waals surface area contributed by atoms with E-state index in [1.165, 1.54) is 6.07 Å². The van der Waals surface area contributed by atoms with E-state index in [1.807, 2.05) is 68.8 Å². The molecule has 1 unspecified atom stereocenters. The summed E-state index contributed by atoms with van der Waals surface area (Å²) in [5.41, 5.74) is 2.43. The number of benzene rings is 2. The van der Waals surface area contributed by atoms with Gasteiger partial charge < -0.3 is 14.4 Å². The lowest BCUT2D eigenvalue weighted by Gasteiger charge is -2.35. The van der Waals surface area contributed by atoms with Gasteiger partial charge in [0.25, 0.3) is 0 Å². The lowest BCUT2D eigenvalue weighted by molar-refractivity contribution is -0.183. The monoisotopic (exact) mass is 508 g/mol. The van der Waals surface area contributed by atoms with Crippen LogP contribution < -0.4 is 0 Å². The lowest BCUT2D eigenvalue weighted by Crippen LogP contribution is -2.43. The number of hydrogen-bond acceptors (Lipinski definition) is 3. The first-order chi connectivity index (χ1) is 16.8. The maximum Gasteiger partial charge on any atom is 0.340 e. The van der Waals surface area contributed by atoms with Crippen molar-refractivity contribution in [3.05, 3.63) is 88.0 Å². The molecule has 188 valence electrons. The van der Waals surface area contributed by atoms with Crippen molar-refractivity contribution in [1.29, 1.82) is 0 Å². The number of ether oxygens (including phenoxy) is 1. The van der Waals surface area contributed by atoms with Gasteiger partial charge in [-0.05, 0) is 65.3 Å². The van der Waals surface area contributed by atoms with Gasteiger partial charge in [-0.3, -0.25) is 0 Å². The van der Waals surface area contributed by atoms with Crippen molar-refractivity contribution in [2.75, 3.05) is 0 Å². The first-order valence-electron chi connectivity index (χ1n) is 11.7. The van der Waals surface area contributed by atoms with Crippen LogP contribution in [0.3, 0.4) is 0 Å². The topological polar surface area (TPSA) is 64.3 Å². The van der Waals surface area contributed by atoms with Crippen LogP contribution in [0.4, 0.5) is 4.39 Å². The molecule has 0 fully saturated rings. The Balaban J connectivity index is 2.01. The Morgan fingerprint density at radius 2 is 1.75 bits per heavy atom. The van der Waals surface area contributed by atoms with E-state index in [0.29, 0.717) is 27.5 Å². The summed E-state index contributed by atoms with van der Waals surface area (Å²) < 4.78 is 22.6. The molecule has 0 saturated heterocycles. The predicted molar refractivity (Wildman–Crippen MR) is 141 cm³/mol. The third-order valence-corrected chi connectivity index (χ3v) is 6.42. The molecule has 2 aromatic heterocycles. The average Bonchev–Trinajstić information content (AvgIpc) is 3.16. The summed E-state index contributed by atoms with van der Waals surface area (Å²) in [5, 5.41) is 11.5. The van der Waals surface area contributed by atoms with Crippen LogP contribution in [0, 0.1) is 19.7 Å². The molecular formula is C29H30ClFN2O3. The Hall–Kier alpha value is -3.22. The minimum atomic E-state index is -1.66. The minimum Gasteiger partial charge on any atom is -0.479 e. The third kappa shape index (κ3) is 4.88. The van der Waals surface area contributed by atoms with E-state index >= 15 is 0 Å². The van der Waals surface area contributed by atoms with Crippen LogP contribution in [0.2, 0.25) is 5.02 Å². The number of aryl methyl sites for hydroxylation is 2. The highest BCUT2D eigenvalue weighted by molar-refractivity contribution is 6.30. The van der Waals surface area contributed by atoms with Crippen molar-refractivity contribution in [2.24, 2.45) is 0 Å². The molecule has 0 bridgehead atoms. The Morgan fingerprint density at radius 1 is 1.08 bits per heavy atom. The zero-order valence-corrected chi connectivity index (χ0v) is 22.1. The molecule has 0 aliphatic heterocycles. The van der Waals surface area contributed by atoms with Gasteiger partial charge in [-0.2, -0.15) is 0 Å². The van der Waals surface area contributed by atoms with Crippen molar-refractivity contribution < 1.29 is 19.0 Å². The number of carbonyl (C=O) groups is 1. The Kier molecular flexibility index (Phi) is 6.71. The van der Waals surface area contributed by atoms with E-state index in [9.17, 15) is 14.3 Å². The van der Waals surface area contributed by atoms with E-state index in [-0.39, 0.29) is 6.54 Å². The van der Waals surface area contributed by atoms with Gasteiger partial charge in [-0.25, -0.2) is 14.2 Å². The average molecular weight is 509 g/mol. The molecule has 1 atom stereocenters. The minimum absolute atomic E-state index is 0.250. The van der Waals surface area contributed by atoms with Gasteiger partial charge >= 0.3 is 5.97 Å². The molecule has 5 nitrogen and oxygen atoms in total. The first kappa shape index (κ1) is 25.9. The van der Waals surface area contributed by atoms with E-state index in [1.54, 1.807) is 26.0 Å². The number of nitrogens with zero attached hydrogens (tertiary/aromatic N) is 2. The van der Waals surface area contributed by atoms with Gasteiger partial charge in [-0.1, -0.05) is 47.5 Å². The number of halogens is 2. The van der Waals surface area contributed by atoms with Crippen LogP contribution in [0.25, 0.3) is 22.2 Å². The second-order valence-corrected chi connectivity index (χ2v) is 10.7. The van der Waals surface area contributed by atoms with Gasteiger partial charge in [0.1, 0.15) is 11.5 Å². The van der Waals surface area contributed by atoms with E-state index < -0.39 is 23.0 Å². The summed E-state index contributed by atoms with van der Waals surface area (Å²) in [6, 6.07) is 14.4. The van der Waals surface area contributed by atoms with Gasteiger partial charge in [0.05, 0.1) is 12.1 Å². The maximum atomic E-state index is 14.6. The zero-order valence-electron chi connectivity index (χ0n) is 21.3. The molecule has 36 heavy (non-hydrogen) atoms. The largest absolute Gasteiger partial charge is 0.479 e. The van der Waals surface area contributed by atoms with Gasteiger partial charge in [0.2, 0.25) is 0 Å². The molecule has 2 heterocycles. The first-order valence-corrected chi connectivity index (χ1v) is 12.1. The normalized spacial score (nSPS) is 13.7. The molecule has 0 saturated carbocycles. The molecule has 0 spiro atoms. The summed E-state index contributed by atoms with van der Waals surface area (Å²) in [4.78, 5) is 17.6. The molecule has 0 radical (unpaired) electrons. The Morgan fingerprint density at radius 3 is 2.33 bits per heavy atom. The predicted octanol–water partition coefficient (Wildman–Crippen LogP) is 7.28. The van der Waals surface area contributed by atoms with Crippen molar-refractivity contribution in [3.63, 3.8) is 0 Å². The zero-order chi connectivity index (χ0) is 26.4. The molecule has 0 amide bonds. The summed E-state index contributed by atoms with van der Waals surface area (Å²) in [6.45, 7) is 11.1. The van der Waals surface area contributed by atoms with Gasteiger partial charge in [0.15, 0.2) is 5.60 Å². The van der Waals surface area contributed by atoms with Gasteiger partial charge in [-0.15, -0.1) is 0 Å². The standard InChI is InChI=1S/C29H30ClFN2O3/c1-17-7-9-19(10-8-17)24-22-13-14-33(16-20-11-12-21(30)15-23(20)31)26(22)32-18(2)25(24)29(6,27(34)35)36-28(3,4)5/h7-15H,16H2,1-6H3,(H,34,35). The molecule has 2 aromatic carbocycles. The molecule has 1 N–H and O–H groups in total. The van der Waals surface area contributed by atoms with Crippen LogP contribution in [0.5, 0.6) is 0 Å².